The molecule has 0 unspecified atom stereocenters. The lowest BCUT2D eigenvalue weighted by Crippen LogP contribution is -2.59. The van der Waals surface area contributed by atoms with Crippen LogP contribution in [0.1, 0.15) is 23.0 Å². The van der Waals surface area contributed by atoms with Crippen LogP contribution in [0.5, 0.6) is 0 Å². The third-order valence-corrected chi connectivity index (χ3v) is 4.11. The molecule has 0 N–H and O–H groups in total. The van der Waals surface area contributed by atoms with Gasteiger partial charge in [0.05, 0.1) is 0 Å². The van der Waals surface area contributed by atoms with Crippen molar-refractivity contribution in [3.05, 3.63) is 48.0 Å². The molecule has 3 rings (SSSR count). The number of likely N-dealkylation sites (N-methyl/N-ethyl adjacent to an activating group) is 1. The van der Waals surface area contributed by atoms with Gasteiger partial charge >= 0.3 is 0 Å². The van der Waals surface area contributed by atoms with E-state index in [2.05, 4.69) is 28.1 Å². The van der Waals surface area contributed by atoms with Crippen LogP contribution in [0.2, 0.25) is 0 Å². The van der Waals surface area contributed by atoms with Crippen LogP contribution in [0, 0.1) is 0 Å². The van der Waals surface area contributed by atoms with Gasteiger partial charge in [-0.2, -0.15) is 5.10 Å². The molecule has 0 aromatic carbocycles. The van der Waals surface area contributed by atoms with Gasteiger partial charge in [0, 0.05) is 50.8 Å². The minimum absolute atomic E-state index is 0.0261. The maximum absolute atomic E-state index is 12.3. The molecule has 1 aliphatic heterocycles. The SMILES string of the molecule is CCn1ccc(C(=O)N2CC(N(C)Cc3cccnc3)C2)n1. The van der Waals surface area contributed by atoms with Crippen molar-refractivity contribution >= 4 is 5.91 Å². The van der Waals surface area contributed by atoms with Crippen LogP contribution in [0.3, 0.4) is 0 Å². The molecule has 6 heteroatoms. The summed E-state index contributed by atoms with van der Waals surface area (Å²) in [6.07, 6.45) is 5.51. The second-order valence-electron chi connectivity index (χ2n) is 5.70. The Labute approximate surface area is 130 Å². The predicted molar refractivity (Wildman–Crippen MR) is 83.3 cm³/mol. The number of likely N-dealkylation sites (tertiary alicyclic amines) is 1. The van der Waals surface area contributed by atoms with E-state index in [-0.39, 0.29) is 5.91 Å². The molecule has 1 amide bonds. The van der Waals surface area contributed by atoms with E-state index in [0.717, 1.165) is 26.2 Å². The molecule has 0 aliphatic carbocycles. The average Bonchev–Trinajstić information content (AvgIpc) is 2.95. The van der Waals surface area contributed by atoms with Crippen LogP contribution < -0.4 is 0 Å². The topological polar surface area (TPSA) is 54.3 Å². The molecule has 116 valence electrons. The number of carbonyl (C=O) groups is 1. The predicted octanol–water partition coefficient (Wildman–Crippen LogP) is 1.25. The maximum Gasteiger partial charge on any atom is 0.274 e. The van der Waals surface area contributed by atoms with Crippen LogP contribution in [0.15, 0.2) is 36.8 Å². The largest absolute Gasteiger partial charge is 0.334 e. The van der Waals surface area contributed by atoms with Crippen molar-refractivity contribution in [1.82, 2.24) is 24.6 Å². The molecule has 0 radical (unpaired) electrons. The van der Waals surface area contributed by atoms with E-state index >= 15 is 0 Å². The summed E-state index contributed by atoms with van der Waals surface area (Å²) >= 11 is 0. The number of aromatic nitrogens is 3. The Morgan fingerprint density at radius 1 is 1.41 bits per heavy atom. The Hall–Kier alpha value is -2.21. The summed E-state index contributed by atoms with van der Waals surface area (Å²) < 4.78 is 1.78. The molecule has 1 fully saturated rings. The summed E-state index contributed by atoms with van der Waals surface area (Å²) in [6, 6.07) is 6.21. The fourth-order valence-corrected chi connectivity index (χ4v) is 2.62. The van der Waals surface area contributed by atoms with Gasteiger partial charge in [-0.25, -0.2) is 0 Å². The highest BCUT2D eigenvalue weighted by Crippen LogP contribution is 2.18. The van der Waals surface area contributed by atoms with Gasteiger partial charge in [0.15, 0.2) is 0 Å². The van der Waals surface area contributed by atoms with E-state index in [1.807, 2.05) is 30.3 Å². The first kappa shape index (κ1) is 14.7. The van der Waals surface area contributed by atoms with Gasteiger partial charge in [-0.15, -0.1) is 0 Å². The Balaban J connectivity index is 1.52. The number of amides is 1. The van der Waals surface area contributed by atoms with Gasteiger partial charge in [-0.05, 0) is 31.7 Å². The van der Waals surface area contributed by atoms with E-state index in [4.69, 9.17) is 0 Å². The first-order valence-corrected chi connectivity index (χ1v) is 7.59. The number of nitrogens with zero attached hydrogens (tertiary/aromatic N) is 5. The van der Waals surface area contributed by atoms with Gasteiger partial charge in [-0.3, -0.25) is 19.4 Å². The fraction of sp³-hybridized carbons (Fsp3) is 0.438. The second kappa shape index (κ2) is 6.27. The number of carbonyl (C=O) groups excluding carboxylic acids is 1. The Bertz CT molecular complexity index is 633. The van der Waals surface area contributed by atoms with Gasteiger partial charge in [0.1, 0.15) is 5.69 Å². The standard InChI is InChI=1S/C16H21N5O/c1-3-21-8-6-15(18-21)16(22)20-11-14(12-20)19(2)10-13-5-4-7-17-9-13/h4-9,14H,3,10-12H2,1-2H3. The maximum atomic E-state index is 12.3. The van der Waals surface area contributed by atoms with Crippen LogP contribution >= 0.6 is 0 Å². The molecule has 2 aromatic rings. The number of pyridine rings is 1. The van der Waals surface area contributed by atoms with Crippen LogP contribution in [-0.2, 0) is 13.1 Å². The van der Waals surface area contributed by atoms with Crippen molar-refractivity contribution in [3.63, 3.8) is 0 Å². The van der Waals surface area contributed by atoms with Gasteiger partial charge < -0.3 is 4.90 Å². The Morgan fingerprint density at radius 3 is 2.86 bits per heavy atom. The number of rotatable bonds is 5. The zero-order chi connectivity index (χ0) is 15.5. The molecule has 22 heavy (non-hydrogen) atoms. The third-order valence-electron chi connectivity index (χ3n) is 4.11. The molecule has 6 nitrogen and oxygen atoms in total. The number of aryl methyl sites for hydroxylation is 1. The molecule has 1 saturated heterocycles. The minimum atomic E-state index is 0.0261. The molecule has 3 heterocycles. The monoisotopic (exact) mass is 299 g/mol. The lowest BCUT2D eigenvalue weighted by Gasteiger charge is -2.43. The zero-order valence-electron chi connectivity index (χ0n) is 13.0. The summed E-state index contributed by atoms with van der Waals surface area (Å²) in [6.45, 7) is 5.16. The molecular formula is C16H21N5O. The fourth-order valence-electron chi connectivity index (χ4n) is 2.62. The molecule has 0 spiro atoms. The lowest BCUT2D eigenvalue weighted by molar-refractivity contribution is 0.0315. The summed E-state index contributed by atoms with van der Waals surface area (Å²) in [7, 11) is 2.09. The Kier molecular flexibility index (Phi) is 4.20. The second-order valence-corrected chi connectivity index (χ2v) is 5.70. The summed E-state index contributed by atoms with van der Waals surface area (Å²) in [5.74, 6) is 0.0261. The van der Waals surface area contributed by atoms with Gasteiger partial charge in [0.25, 0.3) is 5.91 Å². The summed E-state index contributed by atoms with van der Waals surface area (Å²) in [4.78, 5) is 20.6. The van der Waals surface area contributed by atoms with Crippen LogP contribution in [-0.4, -0.2) is 56.7 Å². The molecule has 0 saturated carbocycles. The number of hydrogen-bond donors (Lipinski definition) is 0. The van der Waals surface area contributed by atoms with E-state index in [1.165, 1.54) is 5.56 Å². The van der Waals surface area contributed by atoms with Crippen molar-refractivity contribution in [3.8, 4) is 0 Å². The van der Waals surface area contributed by atoms with Crippen LogP contribution in [0.4, 0.5) is 0 Å². The smallest absolute Gasteiger partial charge is 0.274 e. The normalized spacial score (nSPS) is 15.1. The first-order valence-electron chi connectivity index (χ1n) is 7.59. The van der Waals surface area contributed by atoms with Crippen molar-refractivity contribution in [2.45, 2.75) is 26.1 Å². The number of hydrogen-bond acceptors (Lipinski definition) is 4. The van der Waals surface area contributed by atoms with Crippen molar-refractivity contribution in [2.75, 3.05) is 20.1 Å². The van der Waals surface area contributed by atoms with Crippen molar-refractivity contribution in [2.24, 2.45) is 0 Å². The quantitative estimate of drug-likeness (QED) is 0.834. The highest BCUT2D eigenvalue weighted by atomic mass is 16.2. The van der Waals surface area contributed by atoms with E-state index in [9.17, 15) is 4.79 Å². The molecule has 2 aromatic heterocycles. The third kappa shape index (κ3) is 3.01. The summed E-state index contributed by atoms with van der Waals surface area (Å²) in [5, 5.41) is 4.27. The molecular weight excluding hydrogens is 278 g/mol. The molecule has 0 bridgehead atoms. The average molecular weight is 299 g/mol. The van der Waals surface area contributed by atoms with E-state index < -0.39 is 0 Å². The first-order chi connectivity index (χ1) is 10.7. The molecule has 0 atom stereocenters. The highest BCUT2D eigenvalue weighted by molar-refractivity contribution is 5.92. The van der Waals surface area contributed by atoms with Crippen LogP contribution in [0.25, 0.3) is 0 Å². The van der Waals surface area contributed by atoms with Crippen molar-refractivity contribution < 1.29 is 4.79 Å². The van der Waals surface area contributed by atoms with Gasteiger partial charge in [0.2, 0.25) is 0 Å². The van der Waals surface area contributed by atoms with E-state index in [1.54, 1.807) is 16.9 Å². The van der Waals surface area contributed by atoms with E-state index in [0.29, 0.717) is 11.7 Å². The highest BCUT2D eigenvalue weighted by Gasteiger charge is 2.34. The minimum Gasteiger partial charge on any atom is -0.334 e. The lowest BCUT2D eigenvalue weighted by atomic mass is 10.1. The molecule has 1 aliphatic rings. The van der Waals surface area contributed by atoms with Crippen molar-refractivity contribution in [1.29, 1.82) is 0 Å². The van der Waals surface area contributed by atoms with Gasteiger partial charge in [-0.1, -0.05) is 6.07 Å². The summed E-state index contributed by atoms with van der Waals surface area (Å²) in [5.41, 5.74) is 1.73. The zero-order valence-corrected chi connectivity index (χ0v) is 13.0. The Morgan fingerprint density at radius 2 is 2.23 bits per heavy atom.